The van der Waals surface area contributed by atoms with Crippen LogP contribution in [0.3, 0.4) is 0 Å². The maximum Gasteiger partial charge on any atom is 0.161 e. The van der Waals surface area contributed by atoms with Gasteiger partial charge in [-0.25, -0.2) is 0 Å². The summed E-state index contributed by atoms with van der Waals surface area (Å²) in [4.78, 5) is 0.505. The second-order valence-electron chi connectivity index (χ2n) is 4.47. The molecular formula is C16H15Cl2NO2S. The summed E-state index contributed by atoms with van der Waals surface area (Å²) in [7, 11) is 3.20. The third kappa shape index (κ3) is 3.83. The summed E-state index contributed by atoms with van der Waals surface area (Å²) in [5, 5.41) is 4.20. The normalized spacial score (nSPS) is 10.2. The third-order valence-electron chi connectivity index (χ3n) is 3.09. The van der Waals surface area contributed by atoms with Crippen molar-refractivity contribution in [3.8, 4) is 11.5 Å². The van der Waals surface area contributed by atoms with Crippen LogP contribution in [0.15, 0.2) is 36.4 Å². The van der Waals surface area contributed by atoms with E-state index in [4.69, 9.17) is 44.9 Å². The van der Waals surface area contributed by atoms with Gasteiger partial charge >= 0.3 is 0 Å². The van der Waals surface area contributed by atoms with E-state index in [2.05, 4.69) is 5.32 Å². The van der Waals surface area contributed by atoms with Crippen LogP contribution in [0.2, 0.25) is 10.0 Å². The number of methoxy groups -OCH3 is 2. The molecule has 22 heavy (non-hydrogen) atoms. The summed E-state index contributed by atoms with van der Waals surface area (Å²) in [5.41, 5.74) is 1.64. The summed E-state index contributed by atoms with van der Waals surface area (Å²) in [6.45, 7) is 0.529. The highest BCUT2D eigenvalue weighted by molar-refractivity contribution is 7.80. The summed E-state index contributed by atoms with van der Waals surface area (Å²) < 4.78 is 10.5. The highest BCUT2D eigenvalue weighted by Gasteiger charge is 2.11. The van der Waals surface area contributed by atoms with Gasteiger partial charge in [0.25, 0.3) is 0 Å². The van der Waals surface area contributed by atoms with Crippen LogP contribution in [-0.4, -0.2) is 19.2 Å². The van der Waals surface area contributed by atoms with Crippen LogP contribution in [0.4, 0.5) is 0 Å². The summed E-state index contributed by atoms with van der Waals surface area (Å²) >= 11 is 17.7. The van der Waals surface area contributed by atoms with Gasteiger partial charge in [-0.15, -0.1) is 0 Å². The first-order chi connectivity index (χ1) is 10.6. The molecule has 6 heteroatoms. The van der Waals surface area contributed by atoms with Crippen LogP contribution >= 0.6 is 35.4 Å². The molecule has 0 aliphatic heterocycles. The predicted molar refractivity (Wildman–Crippen MR) is 94.5 cm³/mol. The van der Waals surface area contributed by atoms with Crippen molar-refractivity contribution in [2.24, 2.45) is 0 Å². The monoisotopic (exact) mass is 355 g/mol. The Kier molecular flexibility index (Phi) is 5.89. The summed E-state index contributed by atoms with van der Waals surface area (Å²) in [5.74, 6) is 1.35. The lowest BCUT2D eigenvalue weighted by Crippen LogP contribution is -2.22. The molecule has 0 radical (unpaired) electrons. The molecule has 0 bridgehead atoms. The zero-order valence-corrected chi connectivity index (χ0v) is 14.5. The Labute approximate surface area is 145 Å². The highest BCUT2D eigenvalue weighted by atomic mass is 35.5. The van der Waals surface area contributed by atoms with E-state index in [9.17, 15) is 0 Å². The lowest BCUT2D eigenvalue weighted by Gasteiger charge is -2.13. The molecule has 116 valence electrons. The maximum atomic E-state index is 6.14. The van der Waals surface area contributed by atoms with Gasteiger partial charge in [0.1, 0.15) is 4.99 Å². The first kappa shape index (κ1) is 16.9. The van der Waals surface area contributed by atoms with Gasteiger partial charge in [0.15, 0.2) is 11.5 Å². The number of thiocarbonyl (C=S) groups is 1. The molecule has 0 spiro atoms. The standard InChI is InChI=1S/C16H15Cl2NO2S/c1-20-13-7-6-10(8-14(13)21-2)9-19-16(22)15-11(17)4-3-5-12(15)18/h3-8H,9H2,1-2H3,(H,19,22). The van der Waals surface area contributed by atoms with Crippen molar-refractivity contribution >= 4 is 40.4 Å². The van der Waals surface area contributed by atoms with Gasteiger partial charge in [-0.05, 0) is 29.8 Å². The Hall–Kier alpha value is -1.49. The number of ether oxygens (including phenoxy) is 2. The molecule has 0 amide bonds. The molecule has 0 heterocycles. The molecule has 0 aromatic heterocycles. The van der Waals surface area contributed by atoms with Crippen molar-refractivity contribution in [3.05, 3.63) is 57.6 Å². The van der Waals surface area contributed by atoms with E-state index in [1.54, 1.807) is 32.4 Å². The van der Waals surface area contributed by atoms with E-state index < -0.39 is 0 Å². The fourth-order valence-electron chi connectivity index (χ4n) is 1.98. The molecule has 0 unspecified atom stereocenters. The Balaban J connectivity index is 2.11. The maximum absolute atomic E-state index is 6.14. The van der Waals surface area contributed by atoms with Gasteiger partial charge in [-0.3, -0.25) is 0 Å². The van der Waals surface area contributed by atoms with E-state index in [1.807, 2.05) is 18.2 Å². The van der Waals surface area contributed by atoms with E-state index in [0.29, 0.717) is 38.6 Å². The van der Waals surface area contributed by atoms with Crippen molar-refractivity contribution in [1.82, 2.24) is 5.32 Å². The van der Waals surface area contributed by atoms with Gasteiger partial charge in [0.2, 0.25) is 0 Å². The molecule has 0 aliphatic carbocycles. The van der Waals surface area contributed by atoms with Crippen molar-refractivity contribution in [1.29, 1.82) is 0 Å². The highest BCUT2D eigenvalue weighted by Crippen LogP contribution is 2.28. The van der Waals surface area contributed by atoms with Crippen molar-refractivity contribution in [2.45, 2.75) is 6.54 Å². The van der Waals surface area contributed by atoms with Gasteiger partial charge in [-0.1, -0.05) is 47.6 Å². The minimum Gasteiger partial charge on any atom is -0.493 e. The fourth-order valence-corrected chi connectivity index (χ4v) is 2.97. The first-order valence-electron chi connectivity index (χ1n) is 6.50. The van der Waals surface area contributed by atoms with Crippen LogP contribution in [0, 0.1) is 0 Å². The Bertz CT molecular complexity index is 672. The largest absolute Gasteiger partial charge is 0.493 e. The zero-order valence-electron chi connectivity index (χ0n) is 12.2. The average Bonchev–Trinajstić information content (AvgIpc) is 2.52. The molecular weight excluding hydrogens is 341 g/mol. The fraction of sp³-hybridized carbons (Fsp3) is 0.188. The van der Waals surface area contributed by atoms with Crippen molar-refractivity contribution < 1.29 is 9.47 Å². The lowest BCUT2D eigenvalue weighted by molar-refractivity contribution is 0.354. The van der Waals surface area contributed by atoms with Gasteiger partial charge in [0.05, 0.1) is 24.3 Å². The number of halogens is 2. The second kappa shape index (κ2) is 7.68. The quantitative estimate of drug-likeness (QED) is 0.801. The zero-order chi connectivity index (χ0) is 16.1. The first-order valence-corrected chi connectivity index (χ1v) is 7.66. The van der Waals surface area contributed by atoms with E-state index >= 15 is 0 Å². The molecule has 0 saturated heterocycles. The number of hydrogen-bond acceptors (Lipinski definition) is 3. The van der Waals surface area contributed by atoms with Crippen molar-refractivity contribution in [3.63, 3.8) is 0 Å². The molecule has 0 atom stereocenters. The molecule has 0 aliphatic rings. The average molecular weight is 356 g/mol. The molecule has 1 N–H and O–H groups in total. The minimum absolute atomic E-state index is 0.505. The second-order valence-corrected chi connectivity index (χ2v) is 5.69. The molecule has 2 aromatic rings. The van der Waals surface area contributed by atoms with Gasteiger partial charge in [0, 0.05) is 12.1 Å². The van der Waals surface area contributed by atoms with Crippen LogP contribution in [0.5, 0.6) is 11.5 Å². The predicted octanol–water partition coefficient (Wildman–Crippen LogP) is 4.48. The minimum atomic E-state index is 0.505. The third-order valence-corrected chi connectivity index (χ3v) is 4.07. The molecule has 3 nitrogen and oxygen atoms in total. The number of hydrogen-bond donors (Lipinski definition) is 1. The Morgan fingerprint density at radius 3 is 2.27 bits per heavy atom. The van der Waals surface area contributed by atoms with Crippen LogP contribution in [0.25, 0.3) is 0 Å². The van der Waals surface area contributed by atoms with Crippen molar-refractivity contribution in [2.75, 3.05) is 14.2 Å². The number of rotatable bonds is 5. The molecule has 2 rings (SSSR count). The van der Waals surface area contributed by atoms with Crippen LogP contribution in [-0.2, 0) is 6.54 Å². The molecule has 0 saturated carbocycles. The Morgan fingerprint density at radius 2 is 1.68 bits per heavy atom. The topological polar surface area (TPSA) is 30.5 Å². The SMILES string of the molecule is COc1ccc(CNC(=S)c2c(Cl)cccc2Cl)cc1OC. The van der Waals surface area contributed by atoms with E-state index in [0.717, 1.165) is 5.56 Å². The van der Waals surface area contributed by atoms with E-state index in [-0.39, 0.29) is 0 Å². The smallest absolute Gasteiger partial charge is 0.161 e. The molecule has 0 fully saturated rings. The van der Waals surface area contributed by atoms with Crippen LogP contribution in [0.1, 0.15) is 11.1 Å². The van der Waals surface area contributed by atoms with E-state index in [1.165, 1.54) is 0 Å². The summed E-state index contributed by atoms with van der Waals surface area (Å²) in [6, 6.07) is 11.0. The van der Waals surface area contributed by atoms with Gasteiger partial charge < -0.3 is 14.8 Å². The van der Waals surface area contributed by atoms with Gasteiger partial charge in [-0.2, -0.15) is 0 Å². The molecule has 2 aromatic carbocycles. The lowest BCUT2D eigenvalue weighted by atomic mass is 10.2. The van der Waals surface area contributed by atoms with Crippen LogP contribution < -0.4 is 14.8 Å². The summed E-state index contributed by atoms with van der Waals surface area (Å²) in [6.07, 6.45) is 0. The Morgan fingerprint density at radius 1 is 1.05 bits per heavy atom. The number of benzene rings is 2. The number of nitrogens with one attached hydrogen (secondary N) is 1.